The molecule has 0 saturated heterocycles. The molecule has 0 bridgehead atoms. The summed E-state index contributed by atoms with van der Waals surface area (Å²) in [6.45, 7) is 3.59. The SMILES string of the molecule is CC(C)(CNC(=O)C1(C(N)=S)CCCC1)NS(C)(=O)=O. The Morgan fingerprint density at radius 2 is 1.85 bits per heavy atom. The van der Waals surface area contributed by atoms with E-state index in [1.54, 1.807) is 13.8 Å². The predicted molar refractivity (Wildman–Crippen MR) is 82.8 cm³/mol. The lowest BCUT2D eigenvalue weighted by molar-refractivity contribution is -0.127. The summed E-state index contributed by atoms with van der Waals surface area (Å²) in [5.41, 5.74) is 4.20. The van der Waals surface area contributed by atoms with Crippen molar-refractivity contribution in [1.29, 1.82) is 0 Å². The third-order valence-corrected chi connectivity index (χ3v) is 4.83. The first kappa shape index (κ1) is 17.3. The number of nitrogens with two attached hydrogens (primary N) is 1. The van der Waals surface area contributed by atoms with Crippen LogP contribution in [0.5, 0.6) is 0 Å². The standard InChI is InChI=1S/C12H23N3O3S2/c1-11(2,15-20(3,17)18)8-14-10(16)12(9(13)19)6-4-5-7-12/h15H,4-8H2,1-3H3,(H2,13,19)(H,14,16). The maximum atomic E-state index is 12.4. The Labute approximate surface area is 125 Å². The highest BCUT2D eigenvalue weighted by atomic mass is 32.2. The minimum absolute atomic E-state index is 0.184. The van der Waals surface area contributed by atoms with Gasteiger partial charge in [0.1, 0.15) is 0 Å². The number of sulfonamides is 1. The van der Waals surface area contributed by atoms with Gasteiger partial charge in [-0.3, -0.25) is 4.79 Å². The van der Waals surface area contributed by atoms with E-state index in [0.29, 0.717) is 12.8 Å². The van der Waals surface area contributed by atoms with E-state index in [4.69, 9.17) is 18.0 Å². The number of amides is 1. The molecule has 4 N–H and O–H groups in total. The lowest BCUT2D eigenvalue weighted by Gasteiger charge is -2.30. The molecule has 0 aromatic rings. The first-order valence-corrected chi connectivity index (χ1v) is 8.86. The predicted octanol–water partition coefficient (Wildman–Crippen LogP) is 0.277. The molecular weight excluding hydrogens is 298 g/mol. The van der Waals surface area contributed by atoms with Crippen LogP contribution in [0.3, 0.4) is 0 Å². The second-order valence-electron chi connectivity index (χ2n) is 6.09. The molecule has 0 heterocycles. The summed E-state index contributed by atoms with van der Waals surface area (Å²) in [6, 6.07) is 0. The number of thiocarbonyl (C=S) groups is 1. The Morgan fingerprint density at radius 3 is 2.25 bits per heavy atom. The summed E-state index contributed by atoms with van der Waals surface area (Å²) >= 11 is 5.04. The summed E-state index contributed by atoms with van der Waals surface area (Å²) in [7, 11) is -3.33. The number of carbonyl (C=O) groups is 1. The van der Waals surface area contributed by atoms with Gasteiger partial charge >= 0.3 is 0 Å². The first-order chi connectivity index (χ1) is 8.99. The molecule has 116 valence electrons. The van der Waals surface area contributed by atoms with E-state index in [-0.39, 0.29) is 17.4 Å². The fourth-order valence-electron chi connectivity index (χ4n) is 2.57. The van der Waals surface area contributed by atoms with Crippen molar-refractivity contribution >= 4 is 33.1 Å². The number of hydrogen-bond acceptors (Lipinski definition) is 4. The van der Waals surface area contributed by atoms with E-state index >= 15 is 0 Å². The molecule has 0 aromatic heterocycles. The Morgan fingerprint density at radius 1 is 1.35 bits per heavy atom. The summed E-state index contributed by atoms with van der Waals surface area (Å²) < 4.78 is 25.0. The normalized spacial score (nSPS) is 18.8. The molecule has 20 heavy (non-hydrogen) atoms. The molecule has 0 atom stereocenters. The molecule has 1 amide bonds. The van der Waals surface area contributed by atoms with Crippen LogP contribution in [0.1, 0.15) is 39.5 Å². The third kappa shape index (κ3) is 4.39. The van der Waals surface area contributed by atoms with Gasteiger partial charge in [-0.2, -0.15) is 0 Å². The molecule has 0 spiro atoms. The van der Waals surface area contributed by atoms with Crippen LogP contribution in [0.25, 0.3) is 0 Å². The Bertz CT molecular complexity index is 494. The Hall–Kier alpha value is -0.730. The molecule has 1 saturated carbocycles. The molecule has 1 aliphatic carbocycles. The van der Waals surface area contributed by atoms with Crippen LogP contribution >= 0.6 is 12.2 Å². The van der Waals surface area contributed by atoms with E-state index in [0.717, 1.165) is 19.1 Å². The zero-order valence-corrected chi connectivity index (χ0v) is 13.8. The monoisotopic (exact) mass is 321 g/mol. The van der Waals surface area contributed by atoms with Gasteiger partial charge in [-0.15, -0.1) is 0 Å². The molecule has 0 radical (unpaired) electrons. The lowest BCUT2D eigenvalue weighted by Crippen LogP contribution is -2.55. The Kier molecular flexibility index (Phi) is 5.15. The van der Waals surface area contributed by atoms with Gasteiger partial charge in [0.05, 0.1) is 16.7 Å². The largest absolute Gasteiger partial charge is 0.392 e. The van der Waals surface area contributed by atoms with Crippen molar-refractivity contribution in [2.24, 2.45) is 11.1 Å². The number of hydrogen-bond donors (Lipinski definition) is 3. The minimum Gasteiger partial charge on any atom is -0.392 e. The maximum absolute atomic E-state index is 12.4. The van der Waals surface area contributed by atoms with E-state index in [1.165, 1.54) is 0 Å². The van der Waals surface area contributed by atoms with Gasteiger partial charge < -0.3 is 11.1 Å². The fourth-order valence-corrected chi connectivity index (χ4v) is 3.95. The fraction of sp³-hybridized carbons (Fsp3) is 0.833. The van der Waals surface area contributed by atoms with Gasteiger partial charge in [0.2, 0.25) is 15.9 Å². The van der Waals surface area contributed by atoms with Crippen molar-refractivity contribution in [3.63, 3.8) is 0 Å². The lowest BCUT2D eigenvalue weighted by atomic mass is 9.85. The van der Waals surface area contributed by atoms with Crippen molar-refractivity contribution in [2.75, 3.05) is 12.8 Å². The maximum Gasteiger partial charge on any atom is 0.233 e. The van der Waals surface area contributed by atoms with Gasteiger partial charge in [-0.25, -0.2) is 13.1 Å². The zero-order chi connectivity index (χ0) is 15.6. The smallest absolute Gasteiger partial charge is 0.233 e. The summed E-state index contributed by atoms with van der Waals surface area (Å²) in [5, 5.41) is 2.78. The molecule has 1 rings (SSSR count). The topological polar surface area (TPSA) is 101 Å². The Balaban J connectivity index is 2.69. The molecule has 1 fully saturated rings. The van der Waals surface area contributed by atoms with Crippen LogP contribution in [-0.2, 0) is 14.8 Å². The van der Waals surface area contributed by atoms with E-state index < -0.39 is 21.0 Å². The van der Waals surface area contributed by atoms with Crippen molar-refractivity contribution in [2.45, 2.75) is 45.1 Å². The molecule has 0 aliphatic heterocycles. The highest BCUT2D eigenvalue weighted by Gasteiger charge is 2.44. The average molecular weight is 321 g/mol. The molecule has 0 unspecified atom stereocenters. The van der Waals surface area contributed by atoms with E-state index in [9.17, 15) is 13.2 Å². The summed E-state index contributed by atoms with van der Waals surface area (Å²) in [4.78, 5) is 12.6. The molecule has 1 aliphatic rings. The zero-order valence-electron chi connectivity index (χ0n) is 12.2. The van der Waals surface area contributed by atoms with Gasteiger partial charge in [-0.05, 0) is 26.7 Å². The highest BCUT2D eigenvalue weighted by Crippen LogP contribution is 2.38. The van der Waals surface area contributed by atoms with Gasteiger partial charge in [0, 0.05) is 12.1 Å². The van der Waals surface area contributed by atoms with Crippen molar-refractivity contribution in [1.82, 2.24) is 10.0 Å². The van der Waals surface area contributed by atoms with Crippen LogP contribution < -0.4 is 15.8 Å². The van der Waals surface area contributed by atoms with E-state index in [1.807, 2.05) is 0 Å². The van der Waals surface area contributed by atoms with Crippen molar-refractivity contribution < 1.29 is 13.2 Å². The van der Waals surface area contributed by atoms with Crippen molar-refractivity contribution in [3.8, 4) is 0 Å². The third-order valence-electron chi connectivity index (χ3n) is 3.52. The molecule has 8 heteroatoms. The number of nitrogens with one attached hydrogen (secondary N) is 2. The second kappa shape index (κ2) is 5.95. The van der Waals surface area contributed by atoms with Crippen LogP contribution in [0, 0.1) is 5.41 Å². The van der Waals surface area contributed by atoms with Gasteiger partial charge in [-0.1, -0.05) is 25.1 Å². The molecule has 0 aromatic carbocycles. The summed E-state index contributed by atoms with van der Waals surface area (Å²) in [6.07, 6.45) is 4.26. The van der Waals surface area contributed by atoms with Gasteiger partial charge in [0.15, 0.2) is 0 Å². The second-order valence-corrected chi connectivity index (χ2v) is 8.28. The minimum atomic E-state index is -3.33. The van der Waals surface area contributed by atoms with Crippen LogP contribution in [0.2, 0.25) is 0 Å². The number of carbonyl (C=O) groups excluding carboxylic acids is 1. The van der Waals surface area contributed by atoms with E-state index in [2.05, 4.69) is 10.0 Å². The average Bonchev–Trinajstić information content (AvgIpc) is 2.72. The summed E-state index contributed by atoms with van der Waals surface area (Å²) in [5.74, 6) is -0.203. The van der Waals surface area contributed by atoms with Crippen LogP contribution in [-0.4, -0.2) is 37.7 Å². The van der Waals surface area contributed by atoms with Crippen LogP contribution in [0.4, 0.5) is 0 Å². The first-order valence-electron chi connectivity index (χ1n) is 6.56. The quantitative estimate of drug-likeness (QED) is 0.610. The van der Waals surface area contributed by atoms with Gasteiger partial charge in [0.25, 0.3) is 0 Å². The van der Waals surface area contributed by atoms with Crippen LogP contribution in [0.15, 0.2) is 0 Å². The molecular formula is C12H23N3O3S2. The molecule has 6 nitrogen and oxygen atoms in total. The highest BCUT2D eigenvalue weighted by molar-refractivity contribution is 7.88. The number of rotatable bonds is 6. The van der Waals surface area contributed by atoms with Crippen molar-refractivity contribution in [3.05, 3.63) is 0 Å².